The van der Waals surface area contributed by atoms with Crippen molar-refractivity contribution in [3.63, 3.8) is 0 Å². The predicted octanol–water partition coefficient (Wildman–Crippen LogP) is -0.385. The molecule has 1 aromatic rings. The zero-order valence-corrected chi connectivity index (χ0v) is 16.3. The summed E-state index contributed by atoms with van der Waals surface area (Å²) in [5.41, 5.74) is 0. The van der Waals surface area contributed by atoms with Gasteiger partial charge in [-0.3, -0.25) is 14.7 Å². The van der Waals surface area contributed by atoms with Crippen LogP contribution in [0.15, 0.2) is 29.4 Å². The first-order valence-corrected chi connectivity index (χ1v) is 9.16. The number of sulfonamides is 1. The van der Waals surface area contributed by atoms with Crippen LogP contribution < -0.4 is 15.4 Å². The van der Waals surface area contributed by atoms with Crippen LogP contribution in [-0.2, 0) is 14.8 Å². The standard InChI is InChI=1S/C14H23N5O3S.2ClH/c20-14(17-8-11-19-9-6-15-7-10-19)3-5-18-23(21,22)13-2-1-4-16-12-13;;/h1-2,4,12,15,18H,3,5-11H2,(H,17,20);2*1H. The van der Waals surface area contributed by atoms with E-state index < -0.39 is 10.0 Å². The molecule has 2 rings (SSSR count). The quantitative estimate of drug-likeness (QED) is 0.536. The average molecular weight is 414 g/mol. The summed E-state index contributed by atoms with van der Waals surface area (Å²) in [6.45, 7) is 5.38. The monoisotopic (exact) mass is 413 g/mol. The Balaban J connectivity index is 0.00000288. The average Bonchev–Trinajstić information content (AvgIpc) is 2.56. The van der Waals surface area contributed by atoms with Crippen molar-refractivity contribution < 1.29 is 13.2 Å². The number of pyridine rings is 1. The minimum Gasteiger partial charge on any atom is -0.355 e. The summed E-state index contributed by atoms with van der Waals surface area (Å²) in [7, 11) is -3.60. The largest absolute Gasteiger partial charge is 0.355 e. The maximum atomic E-state index is 11.9. The molecule has 25 heavy (non-hydrogen) atoms. The molecule has 1 fully saturated rings. The fourth-order valence-corrected chi connectivity index (χ4v) is 3.26. The van der Waals surface area contributed by atoms with Crippen LogP contribution in [0.5, 0.6) is 0 Å². The van der Waals surface area contributed by atoms with Gasteiger partial charge in [0, 0.05) is 64.6 Å². The molecule has 8 nitrogen and oxygen atoms in total. The van der Waals surface area contributed by atoms with Crippen molar-refractivity contribution in [2.45, 2.75) is 11.3 Å². The van der Waals surface area contributed by atoms with Gasteiger partial charge in [-0.2, -0.15) is 0 Å². The van der Waals surface area contributed by atoms with Gasteiger partial charge in [-0.15, -0.1) is 24.8 Å². The van der Waals surface area contributed by atoms with Crippen LogP contribution in [0.3, 0.4) is 0 Å². The number of piperazine rings is 1. The Morgan fingerprint density at radius 1 is 1.24 bits per heavy atom. The number of nitrogens with zero attached hydrogens (tertiary/aromatic N) is 2. The number of aromatic nitrogens is 1. The SMILES string of the molecule is Cl.Cl.O=C(CCNS(=O)(=O)c1cccnc1)NCCN1CCNCC1. The highest BCUT2D eigenvalue weighted by Gasteiger charge is 2.14. The molecule has 0 saturated carbocycles. The number of rotatable bonds is 8. The van der Waals surface area contributed by atoms with Crippen LogP contribution in [0.4, 0.5) is 0 Å². The first kappa shape index (κ1) is 24.0. The van der Waals surface area contributed by atoms with E-state index in [1.54, 1.807) is 6.07 Å². The number of halogens is 2. The molecule has 0 aliphatic carbocycles. The molecule has 1 aliphatic heterocycles. The van der Waals surface area contributed by atoms with E-state index in [1.165, 1.54) is 18.5 Å². The minimum absolute atomic E-state index is 0. The van der Waals surface area contributed by atoms with Crippen molar-refractivity contribution in [1.29, 1.82) is 0 Å². The van der Waals surface area contributed by atoms with Gasteiger partial charge in [0.25, 0.3) is 0 Å². The highest BCUT2D eigenvalue weighted by molar-refractivity contribution is 7.89. The topological polar surface area (TPSA) is 103 Å². The van der Waals surface area contributed by atoms with Gasteiger partial charge in [-0.1, -0.05) is 0 Å². The number of amides is 1. The lowest BCUT2D eigenvalue weighted by Crippen LogP contribution is -2.46. The number of hydrogen-bond acceptors (Lipinski definition) is 6. The number of nitrogens with one attached hydrogen (secondary N) is 3. The summed E-state index contributed by atoms with van der Waals surface area (Å²) in [6, 6.07) is 3.01. The van der Waals surface area contributed by atoms with Crippen molar-refractivity contribution in [2.75, 3.05) is 45.8 Å². The van der Waals surface area contributed by atoms with Gasteiger partial charge in [0.2, 0.25) is 15.9 Å². The van der Waals surface area contributed by atoms with Crippen LogP contribution >= 0.6 is 24.8 Å². The Kier molecular flexibility index (Phi) is 11.9. The van der Waals surface area contributed by atoms with Crippen molar-refractivity contribution in [3.05, 3.63) is 24.5 Å². The molecule has 11 heteroatoms. The molecule has 0 unspecified atom stereocenters. The Morgan fingerprint density at radius 2 is 1.96 bits per heavy atom. The maximum Gasteiger partial charge on any atom is 0.242 e. The van der Waals surface area contributed by atoms with Crippen LogP contribution in [-0.4, -0.2) is 70.0 Å². The molecule has 0 radical (unpaired) electrons. The third kappa shape index (κ3) is 8.80. The summed E-state index contributed by atoms with van der Waals surface area (Å²) in [5.74, 6) is -0.158. The zero-order chi connectivity index (χ0) is 16.5. The fraction of sp³-hybridized carbons (Fsp3) is 0.571. The molecule has 1 amide bonds. The second kappa shape index (κ2) is 12.4. The second-order valence-electron chi connectivity index (χ2n) is 5.28. The fourth-order valence-electron chi connectivity index (χ4n) is 2.26. The van der Waals surface area contributed by atoms with E-state index in [0.29, 0.717) is 6.54 Å². The Bertz CT molecular complexity index is 598. The van der Waals surface area contributed by atoms with Gasteiger partial charge in [0.15, 0.2) is 0 Å². The highest BCUT2D eigenvalue weighted by atomic mass is 35.5. The van der Waals surface area contributed by atoms with Gasteiger partial charge in [0.05, 0.1) is 0 Å². The normalized spacial score (nSPS) is 14.9. The molecule has 144 valence electrons. The zero-order valence-electron chi connectivity index (χ0n) is 13.8. The van der Waals surface area contributed by atoms with E-state index >= 15 is 0 Å². The molecule has 1 saturated heterocycles. The summed E-state index contributed by atoms with van der Waals surface area (Å²) < 4.78 is 26.3. The van der Waals surface area contributed by atoms with Crippen molar-refractivity contribution in [3.8, 4) is 0 Å². The van der Waals surface area contributed by atoms with E-state index in [-0.39, 0.29) is 48.6 Å². The lowest BCUT2D eigenvalue weighted by Gasteiger charge is -2.27. The second-order valence-corrected chi connectivity index (χ2v) is 7.05. The number of carbonyl (C=O) groups excluding carboxylic acids is 1. The first-order valence-electron chi connectivity index (χ1n) is 7.67. The molecule has 0 aromatic carbocycles. The van der Waals surface area contributed by atoms with Gasteiger partial charge in [0.1, 0.15) is 4.90 Å². The van der Waals surface area contributed by atoms with Gasteiger partial charge in [-0.25, -0.2) is 13.1 Å². The third-order valence-corrected chi connectivity index (χ3v) is 4.99. The van der Waals surface area contributed by atoms with Crippen LogP contribution in [0.1, 0.15) is 6.42 Å². The summed E-state index contributed by atoms with van der Waals surface area (Å²) in [6.07, 6.45) is 2.89. The lowest BCUT2D eigenvalue weighted by atomic mass is 10.3. The Hall–Kier alpha value is -0.970. The smallest absolute Gasteiger partial charge is 0.242 e. The lowest BCUT2D eigenvalue weighted by molar-refractivity contribution is -0.120. The summed E-state index contributed by atoms with van der Waals surface area (Å²) >= 11 is 0. The Morgan fingerprint density at radius 3 is 2.60 bits per heavy atom. The molecule has 0 spiro atoms. The molecule has 1 aliphatic rings. The highest BCUT2D eigenvalue weighted by Crippen LogP contribution is 2.04. The van der Waals surface area contributed by atoms with Gasteiger partial charge >= 0.3 is 0 Å². The molecular weight excluding hydrogens is 389 g/mol. The number of hydrogen-bond donors (Lipinski definition) is 3. The molecule has 1 aromatic heterocycles. The van der Waals surface area contributed by atoms with Crippen LogP contribution in [0.25, 0.3) is 0 Å². The van der Waals surface area contributed by atoms with Crippen LogP contribution in [0, 0.1) is 0 Å². The Labute approximate surface area is 161 Å². The van der Waals surface area contributed by atoms with Crippen LogP contribution in [0.2, 0.25) is 0 Å². The maximum absolute atomic E-state index is 11.9. The van der Waals surface area contributed by atoms with Gasteiger partial charge in [-0.05, 0) is 12.1 Å². The first-order chi connectivity index (χ1) is 11.1. The minimum atomic E-state index is -3.60. The van der Waals surface area contributed by atoms with Crippen molar-refractivity contribution >= 4 is 40.7 Å². The molecule has 2 heterocycles. The summed E-state index contributed by atoms with van der Waals surface area (Å²) in [5, 5.41) is 6.08. The molecule has 0 atom stereocenters. The van der Waals surface area contributed by atoms with Gasteiger partial charge < -0.3 is 10.6 Å². The van der Waals surface area contributed by atoms with E-state index in [0.717, 1.165) is 32.7 Å². The third-order valence-electron chi connectivity index (χ3n) is 3.55. The summed E-state index contributed by atoms with van der Waals surface area (Å²) in [4.78, 5) is 17.9. The van der Waals surface area contributed by atoms with E-state index in [2.05, 4.69) is 25.2 Å². The number of carbonyl (C=O) groups is 1. The van der Waals surface area contributed by atoms with E-state index in [4.69, 9.17) is 0 Å². The molecule has 0 bridgehead atoms. The van der Waals surface area contributed by atoms with Crippen molar-refractivity contribution in [2.24, 2.45) is 0 Å². The molecular formula is C14H25Cl2N5O3S. The van der Waals surface area contributed by atoms with Crippen molar-refractivity contribution in [1.82, 2.24) is 25.2 Å². The molecule has 3 N–H and O–H groups in total. The van der Waals surface area contributed by atoms with E-state index in [9.17, 15) is 13.2 Å². The predicted molar refractivity (Wildman–Crippen MR) is 101 cm³/mol. The van der Waals surface area contributed by atoms with E-state index in [1.807, 2.05) is 0 Å².